The van der Waals surface area contributed by atoms with Gasteiger partial charge >= 0.3 is 0 Å². The Morgan fingerprint density at radius 3 is 2.44 bits per heavy atom. The fourth-order valence-corrected chi connectivity index (χ4v) is 3.71. The Bertz CT molecular complexity index is 766. The van der Waals surface area contributed by atoms with Gasteiger partial charge in [0.05, 0.1) is 10.5 Å². The third kappa shape index (κ3) is 2.99. The van der Waals surface area contributed by atoms with Crippen molar-refractivity contribution in [2.24, 2.45) is 11.8 Å². The van der Waals surface area contributed by atoms with Crippen LogP contribution in [0, 0.1) is 22.0 Å². The molecule has 0 radical (unpaired) electrons. The number of amides is 3. The van der Waals surface area contributed by atoms with Gasteiger partial charge in [-0.3, -0.25) is 29.4 Å². The third-order valence-corrected chi connectivity index (χ3v) is 4.69. The van der Waals surface area contributed by atoms with Crippen LogP contribution in [-0.4, -0.2) is 52.1 Å². The summed E-state index contributed by atoms with van der Waals surface area (Å²) in [6, 6.07) is 3.92. The van der Waals surface area contributed by atoms with Gasteiger partial charge in [-0.1, -0.05) is 19.9 Å². The largest absolute Gasteiger partial charge is 0.341 e. The molecule has 1 saturated heterocycles. The van der Waals surface area contributed by atoms with Crippen LogP contribution in [0.2, 0.25) is 0 Å². The Hall–Kier alpha value is -2.77. The number of piperidine rings is 1. The Morgan fingerprint density at radius 2 is 1.84 bits per heavy atom. The van der Waals surface area contributed by atoms with Crippen LogP contribution < -0.4 is 0 Å². The third-order valence-electron chi connectivity index (χ3n) is 4.69. The van der Waals surface area contributed by atoms with E-state index in [0.29, 0.717) is 24.9 Å². The lowest BCUT2D eigenvalue weighted by molar-refractivity contribution is -0.385. The maximum Gasteiger partial charge on any atom is 0.282 e. The van der Waals surface area contributed by atoms with Crippen molar-refractivity contribution in [3.63, 3.8) is 0 Å². The Kier molecular flexibility index (Phi) is 4.28. The van der Waals surface area contributed by atoms with Crippen molar-refractivity contribution in [2.45, 2.75) is 20.3 Å². The molecule has 0 aliphatic carbocycles. The average Bonchev–Trinajstić information content (AvgIpc) is 2.79. The second kappa shape index (κ2) is 6.27. The molecular formula is C17H19N3O5. The van der Waals surface area contributed by atoms with Gasteiger partial charge in [-0.15, -0.1) is 0 Å². The van der Waals surface area contributed by atoms with Gasteiger partial charge in [0.25, 0.3) is 17.5 Å². The molecule has 8 nitrogen and oxygen atoms in total. The van der Waals surface area contributed by atoms with E-state index in [9.17, 15) is 24.5 Å². The number of rotatable bonds is 3. The maximum atomic E-state index is 12.6. The standard InChI is InChI=1S/C17H19N3O5/c1-10-6-11(2)8-18(7-10)14(21)9-19-16(22)12-4-3-5-13(20(24)25)15(12)17(19)23/h3-5,10-11H,6-9H2,1-2H3/t10-,11-/m0/s1. The summed E-state index contributed by atoms with van der Waals surface area (Å²) in [6.45, 7) is 4.91. The summed E-state index contributed by atoms with van der Waals surface area (Å²) in [5.74, 6) is -1.03. The van der Waals surface area contributed by atoms with Crippen molar-refractivity contribution in [3.05, 3.63) is 39.4 Å². The highest BCUT2D eigenvalue weighted by atomic mass is 16.6. The van der Waals surface area contributed by atoms with Gasteiger partial charge in [0.2, 0.25) is 5.91 Å². The van der Waals surface area contributed by atoms with Crippen LogP contribution in [0.15, 0.2) is 18.2 Å². The van der Waals surface area contributed by atoms with E-state index < -0.39 is 22.4 Å². The normalized spacial score (nSPS) is 23.0. The zero-order chi connectivity index (χ0) is 18.3. The Morgan fingerprint density at radius 1 is 1.20 bits per heavy atom. The smallest absolute Gasteiger partial charge is 0.282 e. The molecule has 0 bridgehead atoms. The van der Waals surface area contributed by atoms with Crippen LogP contribution in [-0.2, 0) is 4.79 Å². The van der Waals surface area contributed by atoms with Crippen molar-refractivity contribution in [1.29, 1.82) is 0 Å². The highest BCUT2D eigenvalue weighted by Gasteiger charge is 2.42. The van der Waals surface area contributed by atoms with E-state index in [2.05, 4.69) is 13.8 Å². The summed E-state index contributed by atoms with van der Waals surface area (Å²) >= 11 is 0. The summed E-state index contributed by atoms with van der Waals surface area (Å²) < 4.78 is 0. The van der Waals surface area contributed by atoms with Crippen LogP contribution in [0.1, 0.15) is 41.0 Å². The molecule has 1 aromatic rings. The van der Waals surface area contributed by atoms with Crippen molar-refractivity contribution in [3.8, 4) is 0 Å². The number of nitro benzene ring substituents is 1. The first kappa shape index (κ1) is 17.1. The highest BCUT2D eigenvalue weighted by molar-refractivity contribution is 6.24. The van der Waals surface area contributed by atoms with Crippen LogP contribution >= 0.6 is 0 Å². The first-order chi connectivity index (χ1) is 11.8. The molecule has 0 unspecified atom stereocenters. The maximum absolute atomic E-state index is 12.6. The van der Waals surface area contributed by atoms with Crippen molar-refractivity contribution in [2.75, 3.05) is 19.6 Å². The van der Waals surface area contributed by atoms with E-state index in [1.165, 1.54) is 18.2 Å². The molecule has 3 rings (SSSR count). The molecule has 132 valence electrons. The molecule has 8 heteroatoms. The van der Waals surface area contributed by atoms with Gasteiger partial charge in [-0.05, 0) is 24.3 Å². The van der Waals surface area contributed by atoms with E-state index in [1.54, 1.807) is 4.90 Å². The zero-order valence-electron chi connectivity index (χ0n) is 14.1. The van der Waals surface area contributed by atoms with Crippen LogP contribution in [0.3, 0.4) is 0 Å². The van der Waals surface area contributed by atoms with Crippen LogP contribution in [0.4, 0.5) is 5.69 Å². The van der Waals surface area contributed by atoms with E-state index in [0.717, 1.165) is 11.3 Å². The lowest BCUT2D eigenvalue weighted by Crippen LogP contribution is -2.48. The van der Waals surface area contributed by atoms with Crippen molar-refractivity contribution in [1.82, 2.24) is 9.80 Å². The summed E-state index contributed by atoms with van der Waals surface area (Å²) in [5.41, 5.74) is -0.663. The molecule has 2 heterocycles. The summed E-state index contributed by atoms with van der Waals surface area (Å²) in [7, 11) is 0. The molecule has 2 aliphatic rings. The molecule has 2 atom stereocenters. The van der Waals surface area contributed by atoms with Gasteiger partial charge in [0.15, 0.2) is 0 Å². The molecule has 0 spiro atoms. The quantitative estimate of drug-likeness (QED) is 0.471. The number of carbonyl (C=O) groups is 3. The van der Waals surface area contributed by atoms with Gasteiger partial charge in [-0.2, -0.15) is 0 Å². The second-order valence-electron chi connectivity index (χ2n) is 6.90. The van der Waals surface area contributed by atoms with E-state index >= 15 is 0 Å². The topological polar surface area (TPSA) is 101 Å². The zero-order valence-corrected chi connectivity index (χ0v) is 14.1. The summed E-state index contributed by atoms with van der Waals surface area (Å²) in [6.07, 6.45) is 1.03. The molecule has 3 amide bonds. The minimum atomic E-state index is -0.779. The second-order valence-corrected chi connectivity index (χ2v) is 6.90. The molecule has 2 aliphatic heterocycles. The van der Waals surface area contributed by atoms with Crippen LogP contribution in [0.25, 0.3) is 0 Å². The van der Waals surface area contributed by atoms with Crippen molar-refractivity contribution < 1.29 is 19.3 Å². The monoisotopic (exact) mass is 345 g/mol. The highest BCUT2D eigenvalue weighted by Crippen LogP contribution is 2.31. The summed E-state index contributed by atoms with van der Waals surface area (Å²) in [5, 5.41) is 11.1. The molecular weight excluding hydrogens is 326 g/mol. The SMILES string of the molecule is C[C@H]1C[C@H](C)CN(C(=O)CN2C(=O)c3cccc([N+](=O)[O-])c3C2=O)C1. The van der Waals surface area contributed by atoms with Gasteiger partial charge in [0, 0.05) is 19.2 Å². The number of carbonyl (C=O) groups excluding carboxylic acids is 3. The van der Waals surface area contributed by atoms with Gasteiger partial charge in [-0.25, -0.2) is 0 Å². The lowest BCUT2D eigenvalue weighted by Gasteiger charge is -2.35. The van der Waals surface area contributed by atoms with E-state index in [-0.39, 0.29) is 23.6 Å². The number of imide groups is 1. The van der Waals surface area contributed by atoms with E-state index in [1.807, 2.05) is 0 Å². The average molecular weight is 345 g/mol. The number of nitro groups is 1. The Balaban J connectivity index is 1.82. The van der Waals surface area contributed by atoms with Gasteiger partial charge < -0.3 is 4.90 Å². The number of hydrogen-bond donors (Lipinski definition) is 0. The lowest BCUT2D eigenvalue weighted by atomic mass is 9.92. The number of nitrogens with zero attached hydrogens (tertiary/aromatic N) is 3. The number of hydrogen-bond acceptors (Lipinski definition) is 5. The predicted molar refractivity (Wildman–Crippen MR) is 88.0 cm³/mol. The molecule has 1 fully saturated rings. The van der Waals surface area contributed by atoms with Crippen molar-refractivity contribution >= 4 is 23.4 Å². The minimum Gasteiger partial charge on any atom is -0.341 e. The van der Waals surface area contributed by atoms with E-state index in [4.69, 9.17) is 0 Å². The predicted octanol–water partition coefficient (Wildman–Crippen LogP) is 1.70. The molecule has 0 aromatic heterocycles. The first-order valence-electron chi connectivity index (χ1n) is 8.21. The minimum absolute atomic E-state index is 0.0209. The molecule has 25 heavy (non-hydrogen) atoms. The molecule has 1 aromatic carbocycles. The Labute approximate surface area is 144 Å². The molecule has 0 N–H and O–H groups in total. The summed E-state index contributed by atoms with van der Waals surface area (Å²) in [4.78, 5) is 50.4. The number of likely N-dealkylation sites (tertiary alicyclic amines) is 1. The number of fused-ring (bicyclic) bond motifs is 1. The van der Waals surface area contributed by atoms with Gasteiger partial charge in [0.1, 0.15) is 12.1 Å². The number of benzene rings is 1. The van der Waals surface area contributed by atoms with Crippen LogP contribution in [0.5, 0.6) is 0 Å². The molecule has 0 saturated carbocycles. The fourth-order valence-electron chi connectivity index (χ4n) is 3.71. The fraction of sp³-hybridized carbons (Fsp3) is 0.471. The first-order valence-corrected chi connectivity index (χ1v) is 8.21.